The van der Waals surface area contributed by atoms with Crippen LogP contribution in [0.1, 0.15) is 44.8 Å². The van der Waals surface area contributed by atoms with Crippen molar-refractivity contribution in [3.05, 3.63) is 11.8 Å². The maximum absolute atomic E-state index is 12.1. The van der Waals surface area contributed by atoms with E-state index in [1.54, 1.807) is 6.07 Å². The summed E-state index contributed by atoms with van der Waals surface area (Å²) in [7, 11) is 0. The minimum atomic E-state index is 0.0186. The minimum absolute atomic E-state index is 0.0186. The van der Waals surface area contributed by atoms with Gasteiger partial charge in [0, 0.05) is 11.3 Å². The second-order valence-electron chi connectivity index (χ2n) is 4.75. The molecule has 1 saturated carbocycles. The van der Waals surface area contributed by atoms with Crippen molar-refractivity contribution >= 4 is 23.5 Å². The van der Waals surface area contributed by atoms with Crippen molar-refractivity contribution in [1.29, 1.82) is 0 Å². The number of carbonyl (C=O) groups excluding carboxylic acids is 1. The molecule has 1 heterocycles. The van der Waals surface area contributed by atoms with E-state index in [9.17, 15) is 4.79 Å². The van der Waals surface area contributed by atoms with Crippen molar-refractivity contribution in [1.82, 2.24) is 5.16 Å². The van der Waals surface area contributed by atoms with E-state index in [2.05, 4.69) is 17.4 Å². The Balaban J connectivity index is 1.88. The third-order valence-electron chi connectivity index (χ3n) is 3.20. The van der Waals surface area contributed by atoms with E-state index in [4.69, 9.17) is 4.52 Å². The highest BCUT2D eigenvalue weighted by Crippen LogP contribution is 2.33. The second kappa shape index (κ2) is 6.27. The Morgan fingerprint density at radius 1 is 1.61 bits per heavy atom. The Morgan fingerprint density at radius 2 is 2.33 bits per heavy atom. The lowest BCUT2D eigenvalue weighted by atomic mass is 10.3. The highest BCUT2D eigenvalue weighted by atomic mass is 32.2. The smallest absolute Gasteiger partial charge is 0.238 e. The fourth-order valence-corrected chi connectivity index (χ4v) is 3.68. The van der Waals surface area contributed by atoms with E-state index in [-0.39, 0.29) is 11.2 Å². The summed E-state index contributed by atoms with van der Waals surface area (Å²) in [5, 5.41) is 7.28. The lowest BCUT2D eigenvalue weighted by Crippen LogP contribution is -2.26. The number of aryl methyl sites for hydroxylation is 1. The molecule has 1 aromatic rings. The summed E-state index contributed by atoms with van der Waals surface area (Å²) in [5.41, 5.74) is 0. The van der Waals surface area contributed by atoms with Gasteiger partial charge in [0.2, 0.25) is 5.91 Å². The van der Waals surface area contributed by atoms with Crippen molar-refractivity contribution in [2.75, 3.05) is 5.32 Å². The predicted molar refractivity (Wildman–Crippen MR) is 73.8 cm³/mol. The second-order valence-corrected chi connectivity index (χ2v) is 6.26. The number of hydrogen-bond donors (Lipinski definition) is 1. The Morgan fingerprint density at radius 3 is 2.89 bits per heavy atom. The average Bonchev–Trinajstić information content (AvgIpc) is 2.97. The van der Waals surface area contributed by atoms with E-state index in [1.807, 2.05) is 18.7 Å². The Labute approximate surface area is 112 Å². The molecule has 1 aromatic heterocycles. The summed E-state index contributed by atoms with van der Waals surface area (Å²) in [6.07, 6.45) is 5.95. The van der Waals surface area contributed by atoms with E-state index in [1.165, 1.54) is 25.7 Å². The van der Waals surface area contributed by atoms with Crippen molar-refractivity contribution in [2.45, 2.75) is 56.5 Å². The van der Waals surface area contributed by atoms with Crippen molar-refractivity contribution in [3.8, 4) is 0 Å². The molecule has 0 spiro atoms. The number of aromatic nitrogens is 1. The molecule has 100 valence electrons. The van der Waals surface area contributed by atoms with Crippen LogP contribution in [0, 0.1) is 6.92 Å². The molecular formula is C13H20N2O2S. The molecule has 0 aliphatic heterocycles. The number of carbonyl (C=O) groups is 1. The van der Waals surface area contributed by atoms with Crippen LogP contribution < -0.4 is 5.32 Å². The zero-order valence-corrected chi connectivity index (χ0v) is 11.8. The Kier molecular flexibility index (Phi) is 4.69. The van der Waals surface area contributed by atoms with Gasteiger partial charge >= 0.3 is 0 Å². The molecule has 0 radical (unpaired) electrons. The van der Waals surface area contributed by atoms with Crippen LogP contribution in [-0.4, -0.2) is 21.6 Å². The average molecular weight is 268 g/mol. The van der Waals surface area contributed by atoms with Crippen LogP contribution in [0.25, 0.3) is 0 Å². The summed E-state index contributed by atoms with van der Waals surface area (Å²) >= 11 is 1.82. The molecule has 2 rings (SSSR count). The van der Waals surface area contributed by atoms with Gasteiger partial charge in [0.15, 0.2) is 5.82 Å². The molecule has 0 bridgehead atoms. The van der Waals surface area contributed by atoms with E-state index in [0.29, 0.717) is 16.8 Å². The largest absolute Gasteiger partial charge is 0.360 e. The van der Waals surface area contributed by atoms with Gasteiger partial charge < -0.3 is 9.84 Å². The summed E-state index contributed by atoms with van der Waals surface area (Å²) in [5.74, 6) is 1.27. The Hall–Kier alpha value is -0.970. The molecule has 0 aromatic carbocycles. The molecule has 4 nitrogen and oxygen atoms in total. The topological polar surface area (TPSA) is 55.1 Å². The summed E-state index contributed by atoms with van der Waals surface area (Å²) in [6.45, 7) is 3.87. The zero-order valence-electron chi connectivity index (χ0n) is 10.9. The minimum Gasteiger partial charge on any atom is -0.360 e. The van der Waals surface area contributed by atoms with Gasteiger partial charge in [0.1, 0.15) is 5.76 Å². The standard InChI is InChI=1S/C13H20N2O2S/c1-3-11(18-10-6-4-5-7-10)13(16)14-12-8-9(2)17-15-12/h8,10-11H,3-7H2,1-2H3,(H,14,15,16)/t11-/m0/s1. The summed E-state index contributed by atoms with van der Waals surface area (Å²) < 4.78 is 4.94. The van der Waals surface area contributed by atoms with Crippen molar-refractivity contribution in [2.24, 2.45) is 0 Å². The van der Waals surface area contributed by atoms with Gasteiger partial charge in [-0.3, -0.25) is 4.79 Å². The molecule has 1 aliphatic carbocycles. The monoisotopic (exact) mass is 268 g/mol. The van der Waals surface area contributed by atoms with Crippen molar-refractivity contribution < 1.29 is 9.32 Å². The number of rotatable bonds is 5. The van der Waals surface area contributed by atoms with Crippen LogP contribution in [0.5, 0.6) is 0 Å². The van der Waals surface area contributed by atoms with Crippen LogP contribution in [0.2, 0.25) is 0 Å². The molecule has 1 amide bonds. The Bertz CT molecular complexity index is 399. The number of hydrogen-bond acceptors (Lipinski definition) is 4. The quantitative estimate of drug-likeness (QED) is 0.889. The first-order valence-electron chi connectivity index (χ1n) is 6.58. The van der Waals surface area contributed by atoms with Crippen LogP contribution in [0.4, 0.5) is 5.82 Å². The molecule has 5 heteroatoms. The SMILES string of the molecule is CC[C@H](SC1CCCC1)C(=O)Nc1cc(C)on1. The maximum Gasteiger partial charge on any atom is 0.238 e. The fourth-order valence-electron chi connectivity index (χ4n) is 2.23. The summed E-state index contributed by atoms with van der Waals surface area (Å²) in [4.78, 5) is 12.1. The number of nitrogens with zero attached hydrogens (tertiary/aromatic N) is 1. The lowest BCUT2D eigenvalue weighted by molar-refractivity contribution is -0.115. The van der Waals surface area contributed by atoms with Crippen LogP contribution >= 0.6 is 11.8 Å². The first-order chi connectivity index (χ1) is 8.69. The molecule has 0 unspecified atom stereocenters. The fraction of sp³-hybridized carbons (Fsp3) is 0.692. The molecule has 1 aliphatic rings. The molecular weight excluding hydrogens is 248 g/mol. The van der Waals surface area contributed by atoms with E-state index in [0.717, 1.165) is 6.42 Å². The molecule has 1 atom stereocenters. The maximum atomic E-state index is 12.1. The third kappa shape index (κ3) is 3.51. The number of anilines is 1. The molecule has 1 fully saturated rings. The zero-order chi connectivity index (χ0) is 13.0. The number of amides is 1. The van der Waals surface area contributed by atoms with Gasteiger partial charge in [-0.1, -0.05) is 24.9 Å². The summed E-state index contributed by atoms with van der Waals surface area (Å²) in [6, 6.07) is 1.74. The van der Waals surface area contributed by atoms with Crippen LogP contribution in [0.3, 0.4) is 0 Å². The van der Waals surface area contributed by atoms with E-state index < -0.39 is 0 Å². The number of nitrogens with one attached hydrogen (secondary N) is 1. The van der Waals surface area contributed by atoms with Gasteiger partial charge in [-0.05, 0) is 26.2 Å². The van der Waals surface area contributed by atoms with Crippen LogP contribution in [0.15, 0.2) is 10.6 Å². The van der Waals surface area contributed by atoms with Gasteiger partial charge in [-0.15, -0.1) is 11.8 Å². The molecule has 18 heavy (non-hydrogen) atoms. The lowest BCUT2D eigenvalue weighted by Gasteiger charge is -2.17. The van der Waals surface area contributed by atoms with Crippen LogP contribution in [-0.2, 0) is 4.79 Å². The highest BCUT2D eigenvalue weighted by molar-refractivity contribution is 8.01. The normalized spacial score (nSPS) is 17.9. The van der Waals surface area contributed by atoms with E-state index >= 15 is 0 Å². The predicted octanol–water partition coefficient (Wildman–Crippen LogP) is 3.38. The number of thioether (sulfide) groups is 1. The van der Waals surface area contributed by atoms with Crippen molar-refractivity contribution in [3.63, 3.8) is 0 Å². The molecule has 1 N–H and O–H groups in total. The van der Waals surface area contributed by atoms with Gasteiger partial charge in [-0.25, -0.2) is 0 Å². The van der Waals surface area contributed by atoms with Gasteiger partial charge in [-0.2, -0.15) is 0 Å². The van der Waals surface area contributed by atoms with Gasteiger partial charge in [0.05, 0.1) is 5.25 Å². The first-order valence-corrected chi connectivity index (χ1v) is 7.53. The highest BCUT2D eigenvalue weighted by Gasteiger charge is 2.24. The third-order valence-corrected chi connectivity index (χ3v) is 4.93. The van der Waals surface area contributed by atoms with Gasteiger partial charge in [0.25, 0.3) is 0 Å². The first kappa shape index (κ1) is 13.5. The molecule has 0 saturated heterocycles.